The highest BCUT2D eigenvalue weighted by atomic mass is 32.2. The molecule has 0 saturated carbocycles. The van der Waals surface area contributed by atoms with E-state index in [9.17, 15) is 13.2 Å². The number of nitrogen functional groups attached to an aromatic ring is 1. The van der Waals surface area contributed by atoms with Gasteiger partial charge in [0.25, 0.3) is 5.91 Å². The van der Waals surface area contributed by atoms with Crippen molar-refractivity contribution in [1.82, 2.24) is 15.3 Å². The summed E-state index contributed by atoms with van der Waals surface area (Å²) in [6, 6.07) is -0.381. The Morgan fingerprint density at radius 3 is 2.81 bits per heavy atom. The van der Waals surface area contributed by atoms with Crippen molar-refractivity contribution < 1.29 is 13.2 Å². The normalized spacial score (nSPS) is 21.2. The predicted octanol–water partition coefficient (Wildman–Crippen LogP) is 0.489. The van der Waals surface area contributed by atoms with Crippen molar-refractivity contribution in [3.63, 3.8) is 0 Å². The van der Waals surface area contributed by atoms with Crippen molar-refractivity contribution in [2.24, 2.45) is 0 Å². The van der Waals surface area contributed by atoms with Gasteiger partial charge >= 0.3 is 0 Å². The fourth-order valence-corrected chi connectivity index (χ4v) is 3.89. The third kappa shape index (κ3) is 3.90. The first-order chi connectivity index (χ1) is 9.78. The zero-order valence-electron chi connectivity index (χ0n) is 12.2. The average molecular weight is 312 g/mol. The predicted molar refractivity (Wildman–Crippen MR) is 79.7 cm³/mol. The van der Waals surface area contributed by atoms with Crippen molar-refractivity contribution in [3.05, 3.63) is 17.7 Å². The van der Waals surface area contributed by atoms with Crippen LogP contribution in [0, 0.1) is 0 Å². The van der Waals surface area contributed by atoms with E-state index in [1.807, 2.05) is 13.8 Å². The van der Waals surface area contributed by atoms with Gasteiger partial charge in [0.2, 0.25) is 0 Å². The minimum atomic E-state index is -3.07. The Morgan fingerprint density at radius 2 is 2.19 bits per heavy atom. The number of carbonyl (C=O) groups is 1. The molecule has 116 valence electrons. The number of hydrogen-bond acceptors (Lipinski definition) is 6. The maximum Gasteiger partial charge on any atom is 0.272 e. The van der Waals surface area contributed by atoms with Gasteiger partial charge < -0.3 is 11.1 Å². The number of rotatable bonds is 3. The van der Waals surface area contributed by atoms with Crippen molar-refractivity contribution in [1.29, 1.82) is 0 Å². The molecule has 21 heavy (non-hydrogen) atoms. The molecule has 2 rings (SSSR count). The van der Waals surface area contributed by atoms with Crippen LogP contribution in [-0.2, 0) is 9.84 Å². The molecule has 0 radical (unpaired) electrons. The molecule has 0 aromatic carbocycles. The summed E-state index contributed by atoms with van der Waals surface area (Å²) in [6.07, 6.45) is 2.62. The van der Waals surface area contributed by atoms with E-state index in [4.69, 9.17) is 5.73 Å². The number of nitrogens with zero attached hydrogens (tertiary/aromatic N) is 2. The van der Waals surface area contributed by atoms with E-state index in [-0.39, 0.29) is 34.8 Å². The summed E-state index contributed by atoms with van der Waals surface area (Å²) in [5.41, 5.74) is 6.04. The lowest BCUT2D eigenvalue weighted by molar-refractivity contribution is 0.0933. The van der Waals surface area contributed by atoms with Crippen LogP contribution in [0.4, 0.5) is 5.69 Å². The monoisotopic (exact) mass is 312 g/mol. The van der Waals surface area contributed by atoms with Gasteiger partial charge in [0.1, 0.15) is 5.82 Å². The van der Waals surface area contributed by atoms with Gasteiger partial charge in [-0.25, -0.2) is 18.4 Å². The summed E-state index contributed by atoms with van der Waals surface area (Å²) in [4.78, 5) is 20.5. The van der Waals surface area contributed by atoms with Crippen LogP contribution in [0.25, 0.3) is 0 Å². The maximum absolute atomic E-state index is 12.2. The number of aromatic nitrogens is 2. The van der Waals surface area contributed by atoms with E-state index >= 15 is 0 Å². The summed E-state index contributed by atoms with van der Waals surface area (Å²) in [5, 5.41) is 2.71. The molecule has 7 nitrogen and oxygen atoms in total. The molecule has 3 N–H and O–H groups in total. The second kappa shape index (κ2) is 5.97. The molecule has 1 aliphatic heterocycles. The van der Waals surface area contributed by atoms with Crippen LogP contribution < -0.4 is 11.1 Å². The van der Waals surface area contributed by atoms with Crippen molar-refractivity contribution in [2.45, 2.75) is 38.6 Å². The molecular formula is C13H20N4O3S. The molecule has 1 aliphatic rings. The van der Waals surface area contributed by atoms with Gasteiger partial charge in [-0.05, 0) is 12.8 Å². The second-order valence-electron chi connectivity index (χ2n) is 5.61. The van der Waals surface area contributed by atoms with Gasteiger partial charge in [-0.3, -0.25) is 4.79 Å². The summed E-state index contributed by atoms with van der Waals surface area (Å²) in [5.74, 6) is 0.324. The highest BCUT2D eigenvalue weighted by molar-refractivity contribution is 7.91. The molecule has 1 amide bonds. The maximum atomic E-state index is 12.2. The molecular weight excluding hydrogens is 292 g/mol. The smallest absolute Gasteiger partial charge is 0.272 e. The van der Waals surface area contributed by atoms with Gasteiger partial charge in [-0.2, -0.15) is 0 Å². The minimum absolute atomic E-state index is 0.0270. The molecule has 1 aromatic rings. The highest BCUT2D eigenvalue weighted by Crippen LogP contribution is 2.16. The van der Waals surface area contributed by atoms with E-state index in [1.165, 1.54) is 6.20 Å². The number of anilines is 1. The van der Waals surface area contributed by atoms with Crippen LogP contribution in [0.1, 0.15) is 48.9 Å². The fourth-order valence-electron chi connectivity index (χ4n) is 2.26. The summed E-state index contributed by atoms with van der Waals surface area (Å²) in [6.45, 7) is 3.84. The average Bonchev–Trinajstić information content (AvgIpc) is 2.37. The first kappa shape index (κ1) is 15.7. The van der Waals surface area contributed by atoms with Crippen LogP contribution in [-0.4, -0.2) is 41.8 Å². The van der Waals surface area contributed by atoms with Crippen molar-refractivity contribution in [2.75, 3.05) is 17.2 Å². The van der Waals surface area contributed by atoms with E-state index in [2.05, 4.69) is 15.3 Å². The summed E-state index contributed by atoms with van der Waals surface area (Å²) < 4.78 is 23.2. The molecule has 1 saturated heterocycles. The van der Waals surface area contributed by atoms with Crippen molar-refractivity contribution in [3.8, 4) is 0 Å². The minimum Gasteiger partial charge on any atom is -0.396 e. The Balaban J connectivity index is 2.15. The fraction of sp³-hybridized carbons (Fsp3) is 0.615. The number of nitrogens with two attached hydrogens (primary N) is 1. The van der Waals surface area contributed by atoms with Crippen LogP contribution in [0.15, 0.2) is 6.20 Å². The number of carbonyl (C=O) groups excluding carboxylic acids is 1. The second-order valence-corrected chi connectivity index (χ2v) is 7.84. The molecule has 1 fully saturated rings. The third-order valence-electron chi connectivity index (χ3n) is 3.37. The summed E-state index contributed by atoms with van der Waals surface area (Å²) >= 11 is 0. The first-order valence-electron chi connectivity index (χ1n) is 6.92. The van der Waals surface area contributed by atoms with E-state index in [0.29, 0.717) is 18.7 Å². The van der Waals surface area contributed by atoms with E-state index in [1.54, 1.807) is 0 Å². The lowest BCUT2D eigenvalue weighted by atomic mass is 10.1. The van der Waals surface area contributed by atoms with Gasteiger partial charge in [0.05, 0.1) is 23.4 Å². The topological polar surface area (TPSA) is 115 Å². The lowest BCUT2D eigenvalue weighted by Gasteiger charge is -2.23. The lowest BCUT2D eigenvalue weighted by Crippen LogP contribution is -2.43. The summed E-state index contributed by atoms with van der Waals surface area (Å²) in [7, 11) is -3.07. The number of hydrogen-bond donors (Lipinski definition) is 2. The van der Waals surface area contributed by atoms with Gasteiger partial charge in [-0.1, -0.05) is 13.8 Å². The quantitative estimate of drug-likeness (QED) is 0.839. The molecule has 0 bridgehead atoms. The molecule has 2 heterocycles. The highest BCUT2D eigenvalue weighted by Gasteiger charge is 2.27. The first-order valence-corrected chi connectivity index (χ1v) is 8.74. The zero-order chi connectivity index (χ0) is 15.6. The number of amides is 1. The van der Waals surface area contributed by atoms with E-state index < -0.39 is 15.7 Å². The van der Waals surface area contributed by atoms with Gasteiger partial charge in [0, 0.05) is 12.0 Å². The molecule has 1 aromatic heterocycles. The molecule has 1 atom stereocenters. The van der Waals surface area contributed by atoms with E-state index in [0.717, 1.165) is 0 Å². The Bertz CT molecular complexity index is 643. The third-order valence-corrected chi connectivity index (χ3v) is 5.19. The van der Waals surface area contributed by atoms with Crippen LogP contribution in [0.3, 0.4) is 0 Å². The van der Waals surface area contributed by atoms with Crippen LogP contribution >= 0.6 is 0 Å². The SMILES string of the molecule is CC(C)c1ncc(N)c(C(=O)NC2CCCS(=O)(=O)C2)n1. The molecule has 0 aliphatic carbocycles. The zero-order valence-corrected chi connectivity index (χ0v) is 13.0. The Labute approximate surface area is 124 Å². The van der Waals surface area contributed by atoms with Gasteiger partial charge in [-0.15, -0.1) is 0 Å². The Kier molecular flexibility index (Phi) is 4.46. The number of nitrogens with one attached hydrogen (secondary N) is 1. The van der Waals surface area contributed by atoms with Crippen LogP contribution in [0.5, 0.6) is 0 Å². The van der Waals surface area contributed by atoms with Crippen molar-refractivity contribution >= 4 is 21.4 Å². The molecule has 1 unspecified atom stereocenters. The standard InChI is InChI=1S/C13H20N4O3S/c1-8(2)12-15-6-10(14)11(17-12)13(18)16-9-4-3-5-21(19,20)7-9/h6,8-9H,3-5,7,14H2,1-2H3,(H,16,18). The largest absolute Gasteiger partial charge is 0.396 e. The Morgan fingerprint density at radius 1 is 1.48 bits per heavy atom. The molecule has 8 heteroatoms. The van der Waals surface area contributed by atoms with Gasteiger partial charge in [0.15, 0.2) is 15.5 Å². The number of sulfone groups is 1. The van der Waals surface area contributed by atoms with Crippen LogP contribution in [0.2, 0.25) is 0 Å². The molecule has 0 spiro atoms. The Hall–Kier alpha value is -1.70.